The Labute approximate surface area is 126 Å². The SMILES string of the molecule is CCNC(=O)c1ccc(N)cc1NCC(CC)(CC)CO. The second kappa shape index (κ2) is 7.88. The summed E-state index contributed by atoms with van der Waals surface area (Å²) in [6, 6.07) is 5.20. The fraction of sp³-hybridized carbons (Fsp3) is 0.562. The van der Waals surface area contributed by atoms with Gasteiger partial charge in [0.1, 0.15) is 0 Å². The number of nitrogen functional groups attached to an aromatic ring is 1. The van der Waals surface area contributed by atoms with E-state index in [4.69, 9.17) is 5.73 Å². The molecule has 0 fully saturated rings. The van der Waals surface area contributed by atoms with Crippen LogP contribution in [0.15, 0.2) is 18.2 Å². The molecule has 1 aromatic carbocycles. The summed E-state index contributed by atoms with van der Waals surface area (Å²) < 4.78 is 0. The van der Waals surface area contributed by atoms with Gasteiger partial charge >= 0.3 is 0 Å². The molecule has 0 aromatic heterocycles. The third kappa shape index (κ3) is 4.36. The van der Waals surface area contributed by atoms with Crippen LogP contribution in [0.5, 0.6) is 0 Å². The molecule has 0 atom stereocenters. The molecule has 1 aromatic rings. The van der Waals surface area contributed by atoms with Crippen LogP contribution in [0.4, 0.5) is 11.4 Å². The van der Waals surface area contributed by atoms with Gasteiger partial charge in [-0.1, -0.05) is 13.8 Å². The summed E-state index contributed by atoms with van der Waals surface area (Å²) in [5.74, 6) is -0.123. The Kier molecular flexibility index (Phi) is 6.49. The van der Waals surface area contributed by atoms with E-state index in [0.717, 1.165) is 12.8 Å². The van der Waals surface area contributed by atoms with Gasteiger partial charge in [0.25, 0.3) is 5.91 Å². The van der Waals surface area contributed by atoms with Crippen molar-refractivity contribution in [2.45, 2.75) is 33.6 Å². The van der Waals surface area contributed by atoms with Crippen LogP contribution in [0.3, 0.4) is 0 Å². The zero-order chi connectivity index (χ0) is 15.9. The number of amides is 1. The van der Waals surface area contributed by atoms with E-state index in [1.54, 1.807) is 18.2 Å². The predicted molar refractivity (Wildman–Crippen MR) is 87.5 cm³/mol. The molecule has 0 aliphatic heterocycles. The Morgan fingerprint density at radius 3 is 2.48 bits per heavy atom. The van der Waals surface area contributed by atoms with Crippen LogP contribution < -0.4 is 16.4 Å². The molecule has 0 bridgehead atoms. The molecule has 1 amide bonds. The lowest BCUT2D eigenvalue weighted by molar-refractivity contribution is 0.0956. The van der Waals surface area contributed by atoms with Crippen molar-refractivity contribution in [2.24, 2.45) is 5.41 Å². The quantitative estimate of drug-likeness (QED) is 0.554. The Balaban J connectivity index is 2.96. The first-order valence-corrected chi connectivity index (χ1v) is 7.54. The molecule has 118 valence electrons. The maximum atomic E-state index is 12.1. The zero-order valence-electron chi connectivity index (χ0n) is 13.2. The van der Waals surface area contributed by atoms with Gasteiger partial charge in [-0.05, 0) is 38.0 Å². The van der Waals surface area contributed by atoms with Crippen LogP contribution in [0.2, 0.25) is 0 Å². The highest BCUT2D eigenvalue weighted by Crippen LogP contribution is 2.27. The van der Waals surface area contributed by atoms with Crippen molar-refractivity contribution in [1.82, 2.24) is 5.32 Å². The average Bonchev–Trinajstić information content (AvgIpc) is 2.49. The second-order valence-corrected chi connectivity index (χ2v) is 5.38. The Morgan fingerprint density at radius 2 is 1.95 bits per heavy atom. The minimum absolute atomic E-state index is 0.117. The van der Waals surface area contributed by atoms with Crippen LogP contribution in [-0.2, 0) is 0 Å². The first-order valence-electron chi connectivity index (χ1n) is 7.54. The van der Waals surface area contributed by atoms with Crippen molar-refractivity contribution in [1.29, 1.82) is 0 Å². The Bertz CT molecular complexity index is 462. The summed E-state index contributed by atoms with van der Waals surface area (Å²) in [6.07, 6.45) is 1.73. The van der Waals surface area contributed by atoms with E-state index < -0.39 is 0 Å². The molecule has 21 heavy (non-hydrogen) atoms. The number of benzene rings is 1. The van der Waals surface area contributed by atoms with Gasteiger partial charge in [0.2, 0.25) is 0 Å². The van der Waals surface area contributed by atoms with E-state index in [1.807, 2.05) is 6.92 Å². The first-order chi connectivity index (χ1) is 10.0. The molecule has 1 rings (SSSR count). The number of rotatable bonds is 8. The van der Waals surface area contributed by atoms with Crippen molar-refractivity contribution < 1.29 is 9.90 Å². The lowest BCUT2D eigenvalue weighted by Gasteiger charge is -2.30. The van der Waals surface area contributed by atoms with Crippen molar-refractivity contribution in [3.8, 4) is 0 Å². The summed E-state index contributed by atoms with van der Waals surface area (Å²) in [6.45, 7) is 7.30. The standard InChI is InChI=1S/C16H27N3O2/c1-4-16(5-2,11-20)10-19-14-9-12(17)7-8-13(14)15(21)18-6-3/h7-9,19-20H,4-6,10-11,17H2,1-3H3,(H,18,21). The number of hydrogen-bond donors (Lipinski definition) is 4. The van der Waals surface area contributed by atoms with Crippen molar-refractivity contribution in [3.05, 3.63) is 23.8 Å². The number of anilines is 2. The predicted octanol–water partition coefficient (Wildman–Crippen LogP) is 2.23. The third-order valence-electron chi connectivity index (χ3n) is 4.11. The number of aliphatic hydroxyl groups excluding tert-OH is 1. The topological polar surface area (TPSA) is 87.4 Å². The van der Waals surface area contributed by atoms with Gasteiger partial charge in [0, 0.05) is 29.9 Å². The van der Waals surface area contributed by atoms with E-state index in [1.165, 1.54) is 0 Å². The van der Waals surface area contributed by atoms with Crippen molar-refractivity contribution >= 4 is 17.3 Å². The number of nitrogens with two attached hydrogens (primary N) is 1. The monoisotopic (exact) mass is 293 g/mol. The van der Waals surface area contributed by atoms with Crippen LogP contribution in [0.25, 0.3) is 0 Å². The lowest BCUT2D eigenvalue weighted by atomic mass is 9.83. The van der Waals surface area contributed by atoms with Gasteiger partial charge in [0.05, 0.1) is 12.2 Å². The maximum Gasteiger partial charge on any atom is 0.253 e. The number of carbonyl (C=O) groups excluding carboxylic acids is 1. The normalized spacial score (nSPS) is 11.2. The molecular formula is C16H27N3O2. The number of carbonyl (C=O) groups is 1. The average molecular weight is 293 g/mol. The summed E-state index contributed by atoms with van der Waals surface area (Å²) in [5, 5.41) is 15.7. The van der Waals surface area contributed by atoms with E-state index in [2.05, 4.69) is 24.5 Å². The number of hydrogen-bond acceptors (Lipinski definition) is 4. The molecule has 0 unspecified atom stereocenters. The largest absolute Gasteiger partial charge is 0.399 e. The zero-order valence-corrected chi connectivity index (χ0v) is 13.2. The third-order valence-corrected chi connectivity index (χ3v) is 4.11. The van der Waals surface area contributed by atoms with Crippen molar-refractivity contribution in [3.63, 3.8) is 0 Å². The fourth-order valence-corrected chi connectivity index (χ4v) is 2.22. The molecule has 0 saturated carbocycles. The van der Waals surface area contributed by atoms with Gasteiger partial charge in [-0.3, -0.25) is 4.79 Å². The molecule has 5 nitrogen and oxygen atoms in total. The molecule has 5 N–H and O–H groups in total. The van der Waals surface area contributed by atoms with Gasteiger partial charge in [0.15, 0.2) is 0 Å². The minimum atomic E-state index is -0.177. The Morgan fingerprint density at radius 1 is 1.29 bits per heavy atom. The summed E-state index contributed by atoms with van der Waals surface area (Å²) in [4.78, 5) is 12.1. The fourth-order valence-electron chi connectivity index (χ4n) is 2.22. The van der Waals surface area contributed by atoms with E-state index >= 15 is 0 Å². The second-order valence-electron chi connectivity index (χ2n) is 5.38. The minimum Gasteiger partial charge on any atom is -0.399 e. The maximum absolute atomic E-state index is 12.1. The number of aliphatic hydroxyl groups is 1. The lowest BCUT2D eigenvalue weighted by Crippen LogP contribution is -2.33. The van der Waals surface area contributed by atoms with Crippen molar-refractivity contribution in [2.75, 3.05) is 30.7 Å². The molecule has 0 heterocycles. The highest BCUT2D eigenvalue weighted by Gasteiger charge is 2.25. The van der Waals surface area contributed by atoms with Gasteiger partial charge in [-0.25, -0.2) is 0 Å². The molecule has 0 aliphatic rings. The van der Waals surface area contributed by atoms with Gasteiger partial charge in [-0.2, -0.15) is 0 Å². The van der Waals surface area contributed by atoms with Crippen LogP contribution in [0, 0.1) is 5.41 Å². The van der Waals surface area contributed by atoms with Crippen LogP contribution >= 0.6 is 0 Å². The summed E-state index contributed by atoms with van der Waals surface area (Å²) >= 11 is 0. The number of nitrogens with one attached hydrogen (secondary N) is 2. The first kappa shape index (κ1) is 17.3. The van der Waals surface area contributed by atoms with Crippen LogP contribution in [0.1, 0.15) is 44.0 Å². The highest BCUT2D eigenvalue weighted by molar-refractivity contribution is 6.00. The van der Waals surface area contributed by atoms with Crippen LogP contribution in [-0.4, -0.2) is 30.7 Å². The summed E-state index contributed by atoms with van der Waals surface area (Å²) in [5.41, 5.74) is 7.53. The van der Waals surface area contributed by atoms with E-state index in [-0.39, 0.29) is 17.9 Å². The highest BCUT2D eigenvalue weighted by atomic mass is 16.3. The van der Waals surface area contributed by atoms with Gasteiger partial charge < -0.3 is 21.5 Å². The van der Waals surface area contributed by atoms with E-state index in [0.29, 0.717) is 30.0 Å². The molecule has 0 spiro atoms. The molecule has 0 saturated heterocycles. The Hall–Kier alpha value is -1.75. The molecule has 0 radical (unpaired) electrons. The molecule has 5 heteroatoms. The smallest absolute Gasteiger partial charge is 0.253 e. The summed E-state index contributed by atoms with van der Waals surface area (Å²) in [7, 11) is 0. The van der Waals surface area contributed by atoms with Gasteiger partial charge in [-0.15, -0.1) is 0 Å². The molecule has 0 aliphatic carbocycles. The molecular weight excluding hydrogens is 266 g/mol. The van der Waals surface area contributed by atoms with E-state index in [9.17, 15) is 9.90 Å².